The number of aromatic amines is 1. The minimum Gasteiger partial charge on any atom is -0.434 e. The highest BCUT2D eigenvalue weighted by atomic mass is 19.3. The third-order valence-corrected chi connectivity index (χ3v) is 5.50. The second kappa shape index (κ2) is 9.64. The van der Waals surface area contributed by atoms with E-state index in [1.165, 1.54) is 18.2 Å². The molecule has 0 bridgehead atoms. The average Bonchev–Trinajstić information content (AvgIpc) is 3.21. The second-order valence-electron chi connectivity index (χ2n) is 7.49. The topological polar surface area (TPSA) is 65.6 Å². The summed E-state index contributed by atoms with van der Waals surface area (Å²) in [7, 11) is 0. The molecule has 0 unspecified atom stereocenters. The van der Waals surface area contributed by atoms with E-state index < -0.39 is 6.61 Å². The van der Waals surface area contributed by atoms with Gasteiger partial charge in [0.1, 0.15) is 5.75 Å². The van der Waals surface area contributed by atoms with Crippen molar-refractivity contribution in [3.05, 3.63) is 71.9 Å². The van der Waals surface area contributed by atoms with Crippen molar-refractivity contribution in [2.24, 2.45) is 0 Å². The molecule has 1 aromatic heterocycles. The van der Waals surface area contributed by atoms with Crippen molar-refractivity contribution in [1.82, 2.24) is 14.8 Å². The monoisotopic (exact) mass is 439 g/mol. The van der Waals surface area contributed by atoms with Crippen LogP contribution in [0.25, 0.3) is 17.0 Å². The summed E-state index contributed by atoms with van der Waals surface area (Å²) in [6.07, 6.45) is 4.98. The van der Waals surface area contributed by atoms with Crippen molar-refractivity contribution in [3.63, 3.8) is 0 Å². The second-order valence-corrected chi connectivity index (χ2v) is 7.49. The number of hydrogen-bond donors (Lipinski definition) is 1. The lowest BCUT2D eigenvalue weighted by atomic mass is 10.1. The van der Waals surface area contributed by atoms with E-state index in [1.807, 2.05) is 30.5 Å². The predicted octanol–water partition coefficient (Wildman–Crippen LogP) is 3.70. The number of aromatic nitrogens is 1. The largest absolute Gasteiger partial charge is 0.434 e. The van der Waals surface area contributed by atoms with E-state index in [4.69, 9.17) is 0 Å². The van der Waals surface area contributed by atoms with Crippen molar-refractivity contribution in [3.8, 4) is 5.75 Å². The number of ether oxygens (including phenoxy) is 1. The van der Waals surface area contributed by atoms with Gasteiger partial charge in [0.15, 0.2) is 0 Å². The number of hydrogen-bond acceptors (Lipinski definition) is 3. The summed E-state index contributed by atoms with van der Waals surface area (Å²) in [5.41, 5.74) is 2.35. The van der Waals surface area contributed by atoms with Crippen LogP contribution in [0.1, 0.15) is 11.1 Å². The van der Waals surface area contributed by atoms with E-state index in [9.17, 15) is 18.4 Å². The van der Waals surface area contributed by atoms with Gasteiger partial charge < -0.3 is 19.5 Å². The summed E-state index contributed by atoms with van der Waals surface area (Å²) in [5, 5.41) is 1.04. The molecule has 2 amide bonds. The van der Waals surface area contributed by atoms with Crippen LogP contribution in [-0.2, 0) is 16.0 Å². The lowest BCUT2D eigenvalue weighted by Gasteiger charge is -2.34. The molecule has 2 heterocycles. The summed E-state index contributed by atoms with van der Waals surface area (Å²) in [6.45, 7) is -1.21. The Hall–Kier alpha value is -3.68. The molecule has 1 aliphatic rings. The number of rotatable bonds is 6. The van der Waals surface area contributed by atoms with Gasteiger partial charge in [-0.2, -0.15) is 8.78 Å². The first kappa shape index (κ1) is 21.5. The highest BCUT2D eigenvalue weighted by Crippen LogP contribution is 2.22. The number of amides is 2. The Morgan fingerprint density at radius 3 is 2.47 bits per heavy atom. The first-order valence-electron chi connectivity index (χ1n) is 10.3. The van der Waals surface area contributed by atoms with Crippen LogP contribution in [0.4, 0.5) is 8.78 Å². The highest BCUT2D eigenvalue weighted by molar-refractivity contribution is 5.92. The van der Waals surface area contributed by atoms with Gasteiger partial charge >= 0.3 is 6.61 Å². The molecule has 0 aliphatic carbocycles. The van der Waals surface area contributed by atoms with Crippen molar-refractivity contribution in [2.75, 3.05) is 26.2 Å². The highest BCUT2D eigenvalue weighted by Gasteiger charge is 2.23. The number of H-pyrrole nitrogens is 1. The number of nitrogens with zero attached hydrogens (tertiary/aromatic N) is 2. The minimum atomic E-state index is -2.94. The molecular weight excluding hydrogens is 416 g/mol. The molecule has 8 heteroatoms. The third-order valence-electron chi connectivity index (χ3n) is 5.50. The molecule has 0 spiro atoms. The normalized spacial score (nSPS) is 14.5. The molecule has 3 aromatic rings. The molecular formula is C24H23F2N3O3. The Morgan fingerprint density at radius 2 is 1.69 bits per heavy atom. The van der Waals surface area contributed by atoms with Crippen LogP contribution in [0.5, 0.6) is 5.75 Å². The minimum absolute atomic E-state index is 0.0132. The fourth-order valence-electron chi connectivity index (χ4n) is 3.82. The molecule has 166 valence electrons. The van der Waals surface area contributed by atoms with Crippen LogP contribution < -0.4 is 4.74 Å². The Labute approximate surface area is 184 Å². The number of nitrogens with one attached hydrogen (secondary N) is 1. The first-order chi connectivity index (χ1) is 15.5. The number of benzene rings is 2. The Balaban J connectivity index is 1.32. The summed E-state index contributed by atoms with van der Waals surface area (Å²) in [5.74, 6) is -0.199. The summed E-state index contributed by atoms with van der Waals surface area (Å²) < 4.78 is 29.5. The van der Waals surface area contributed by atoms with Crippen molar-refractivity contribution < 1.29 is 23.1 Å². The Bertz CT molecular complexity index is 1130. The van der Waals surface area contributed by atoms with Gasteiger partial charge in [0.25, 0.3) is 0 Å². The molecule has 6 nitrogen and oxygen atoms in total. The van der Waals surface area contributed by atoms with Gasteiger partial charge in [-0.15, -0.1) is 0 Å². The van der Waals surface area contributed by atoms with E-state index in [0.717, 1.165) is 16.5 Å². The van der Waals surface area contributed by atoms with Gasteiger partial charge in [0.2, 0.25) is 11.8 Å². The van der Waals surface area contributed by atoms with Gasteiger partial charge in [0.05, 0.1) is 6.42 Å². The number of halogens is 2. The number of alkyl halides is 2. The fraction of sp³-hybridized carbons (Fsp3) is 0.250. The maximum Gasteiger partial charge on any atom is 0.387 e. The van der Waals surface area contributed by atoms with Gasteiger partial charge in [0, 0.05) is 54.9 Å². The zero-order valence-corrected chi connectivity index (χ0v) is 17.3. The third kappa shape index (κ3) is 4.96. The quantitative estimate of drug-likeness (QED) is 0.596. The predicted molar refractivity (Wildman–Crippen MR) is 117 cm³/mol. The molecule has 0 radical (unpaired) electrons. The molecule has 1 saturated heterocycles. The molecule has 0 atom stereocenters. The molecule has 2 aromatic carbocycles. The zero-order chi connectivity index (χ0) is 22.5. The van der Waals surface area contributed by atoms with Crippen LogP contribution in [0.15, 0.2) is 60.8 Å². The van der Waals surface area contributed by atoms with Crippen LogP contribution >= 0.6 is 0 Å². The Kier molecular flexibility index (Phi) is 6.49. The van der Waals surface area contributed by atoms with E-state index in [1.54, 1.807) is 28.0 Å². The fourth-order valence-corrected chi connectivity index (χ4v) is 3.82. The lowest BCUT2D eigenvalue weighted by molar-refractivity contribution is -0.136. The van der Waals surface area contributed by atoms with Crippen molar-refractivity contribution >= 4 is 28.8 Å². The van der Waals surface area contributed by atoms with Crippen molar-refractivity contribution in [1.29, 1.82) is 0 Å². The summed E-state index contributed by atoms with van der Waals surface area (Å²) >= 11 is 0. The molecule has 1 aliphatic heterocycles. The van der Waals surface area contributed by atoms with Gasteiger partial charge in [-0.05, 0) is 23.8 Å². The zero-order valence-electron chi connectivity index (χ0n) is 17.3. The molecule has 1 N–H and O–H groups in total. The summed E-state index contributed by atoms with van der Waals surface area (Å²) in [4.78, 5) is 31.9. The van der Waals surface area contributed by atoms with Crippen LogP contribution in [-0.4, -0.2) is 59.4 Å². The number of fused-ring (bicyclic) bond motifs is 1. The smallest absolute Gasteiger partial charge is 0.387 e. The maximum atomic E-state index is 12.7. The van der Waals surface area contributed by atoms with Crippen LogP contribution in [0.3, 0.4) is 0 Å². The number of piperazine rings is 1. The van der Waals surface area contributed by atoms with Gasteiger partial charge in [-0.3, -0.25) is 9.59 Å². The first-order valence-corrected chi connectivity index (χ1v) is 10.3. The van der Waals surface area contributed by atoms with Crippen LogP contribution in [0, 0.1) is 0 Å². The molecule has 0 saturated carbocycles. The lowest BCUT2D eigenvalue weighted by Crippen LogP contribution is -2.50. The van der Waals surface area contributed by atoms with Crippen LogP contribution in [0.2, 0.25) is 0 Å². The Morgan fingerprint density at radius 1 is 1.00 bits per heavy atom. The van der Waals surface area contributed by atoms with E-state index in [-0.39, 0.29) is 17.6 Å². The van der Waals surface area contributed by atoms with Crippen molar-refractivity contribution in [2.45, 2.75) is 13.0 Å². The van der Waals surface area contributed by atoms with E-state index >= 15 is 0 Å². The summed E-state index contributed by atoms with van der Waals surface area (Å²) in [6, 6.07) is 14.1. The molecule has 1 fully saturated rings. The number of carbonyl (C=O) groups excluding carboxylic acids is 2. The number of carbonyl (C=O) groups is 2. The maximum absolute atomic E-state index is 12.7. The standard InChI is InChI=1S/C24H23F2N3O3/c25-24(26)32-21-8-4-1-5-17(21)9-10-22(30)28-11-13-29(14-12-28)23(31)15-18-16-27-20-7-3-2-6-19(18)20/h1-10,16,24,27H,11-15H2/b10-9+. The SMILES string of the molecule is O=C(/C=C/c1ccccc1OC(F)F)N1CCN(C(=O)Cc2c[nH]c3ccccc23)CC1. The molecule has 4 rings (SSSR count). The van der Waals surface area contributed by atoms with Gasteiger partial charge in [-0.25, -0.2) is 0 Å². The van der Waals surface area contributed by atoms with E-state index in [2.05, 4.69) is 9.72 Å². The average molecular weight is 439 g/mol. The van der Waals surface area contributed by atoms with E-state index in [0.29, 0.717) is 38.2 Å². The number of para-hydroxylation sites is 2. The molecule has 32 heavy (non-hydrogen) atoms. The van der Waals surface area contributed by atoms with Gasteiger partial charge in [-0.1, -0.05) is 36.4 Å².